The van der Waals surface area contributed by atoms with Crippen LogP contribution in [0.2, 0.25) is 5.02 Å². The van der Waals surface area contributed by atoms with E-state index < -0.39 is 5.97 Å². The van der Waals surface area contributed by atoms with E-state index in [9.17, 15) is 9.59 Å². The van der Waals surface area contributed by atoms with Crippen molar-refractivity contribution >= 4 is 17.6 Å². The predicted molar refractivity (Wildman–Crippen MR) is 72.8 cm³/mol. The molecule has 0 fully saturated rings. The average molecular weight is 278 g/mol. The SMILES string of the molecule is Cc1ccc(Cl)c(OC(=O)c2ccn(C)c(=O)c2)c1. The first-order chi connectivity index (χ1) is 8.97. The molecule has 1 aromatic heterocycles. The minimum atomic E-state index is -0.606. The van der Waals surface area contributed by atoms with E-state index in [4.69, 9.17) is 16.3 Å². The molecule has 2 aromatic rings. The number of halogens is 1. The number of hydrogen-bond acceptors (Lipinski definition) is 3. The van der Waals surface area contributed by atoms with E-state index in [0.29, 0.717) is 5.02 Å². The third kappa shape index (κ3) is 3.03. The standard InChI is InChI=1S/C14H12ClNO3/c1-9-3-4-11(15)12(7-9)19-14(18)10-5-6-16(2)13(17)8-10/h3-8H,1-2H3. The van der Waals surface area contributed by atoms with E-state index in [0.717, 1.165) is 5.56 Å². The summed E-state index contributed by atoms with van der Waals surface area (Å²) in [6, 6.07) is 7.89. The molecule has 5 heteroatoms. The van der Waals surface area contributed by atoms with Gasteiger partial charge < -0.3 is 9.30 Å². The number of aromatic nitrogens is 1. The van der Waals surface area contributed by atoms with Crippen LogP contribution in [-0.2, 0) is 7.05 Å². The summed E-state index contributed by atoms with van der Waals surface area (Å²) >= 11 is 5.94. The van der Waals surface area contributed by atoms with Crippen LogP contribution in [0.4, 0.5) is 0 Å². The first-order valence-corrected chi connectivity index (χ1v) is 6.00. The van der Waals surface area contributed by atoms with E-state index in [-0.39, 0.29) is 16.9 Å². The first kappa shape index (κ1) is 13.4. The van der Waals surface area contributed by atoms with Crippen LogP contribution >= 0.6 is 11.6 Å². The Hall–Kier alpha value is -2.07. The van der Waals surface area contributed by atoms with Crippen molar-refractivity contribution in [1.29, 1.82) is 0 Å². The second kappa shape index (κ2) is 5.28. The molecule has 0 N–H and O–H groups in total. The number of hydrogen-bond donors (Lipinski definition) is 0. The maximum Gasteiger partial charge on any atom is 0.343 e. The molecule has 0 aliphatic rings. The molecule has 0 radical (unpaired) electrons. The van der Waals surface area contributed by atoms with Crippen molar-refractivity contribution in [2.45, 2.75) is 6.92 Å². The smallest absolute Gasteiger partial charge is 0.343 e. The highest BCUT2D eigenvalue weighted by atomic mass is 35.5. The number of rotatable bonds is 2. The van der Waals surface area contributed by atoms with Gasteiger partial charge >= 0.3 is 5.97 Å². The number of aryl methyl sites for hydroxylation is 2. The van der Waals surface area contributed by atoms with Gasteiger partial charge in [0.25, 0.3) is 5.56 Å². The highest BCUT2D eigenvalue weighted by molar-refractivity contribution is 6.32. The Kier molecular flexibility index (Phi) is 3.71. The summed E-state index contributed by atoms with van der Waals surface area (Å²) in [5, 5.41) is 0.350. The van der Waals surface area contributed by atoms with E-state index in [2.05, 4.69) is 0 Å². The van der Waals surface area contributed by atoms with Gasteiger partial charge in [0, 0.05) is 19.3 Å². The largest absolute Gasteiger partial charge is 0.421 e. The zero-order valence-corrected chi connectivity index (χ0v) is 11.3. The summed E-state index contributed by atoms with van der Waals surface area (Å²) in [5.41, 5.74) is 0.849. The molecule has 0 amide bonds. The summed E-state index contributed by atoms with van der Waals surface area (Å²) in [7, 11) is 1.61. The highest BCUT2D eigenvalue weighted by Gasteiger charge is 2.12. The van der Waals surface area contributed by atoms with Gasteiger partial charge in [0.1, 0.15) is 5.75 Å². The molecule has 19 heavy (non-hydrogen) atoms. The Morgan fingerprint density at radius 1 is 1.26 bits per heavy atom. The van der Waals surface area contributed by atoms with Crippen molar-refractivity contribution in [3.8, 4) is 5.75 Å². The molecule has 0 bridgehead atoms. The fourth-order valence-electron chi connectivity index (χ4n) is 1.52. The van der Waals surface area contributed by atoms with Gasteiger partial charge in [0.05, 0.1) is 10.6 Å². The zero-order chi connectivity index (χ0) is 14.0. The van der Waals surface area contributed by atoms with Crippen LogP contribution in [0.15, 0.2) is 41.3 Å². The van der Waals surface area contributed by atoms with Gasteiger partial charge in [0.15, 0.2) is 0 Å². The predicted octanol–water partition coefficient (Wildman–Crippen LogP) is 2.57. The number of ether oxygens (including phenoxy) is 1. The van der Waals surface area contributed by atoms with Crippen molar-refractivity contribution in [1.82, 2.24) is 4.57 Å². The van der Waals surface area contributed by atoms with Gasteiger partial charge in [0.2, 0.25) is 0 Å². The maximum atomic E-state index is 11.9. The Morgan fingerprint density at radius 3 is 2.68 bits per heavy atom. The van der Waals surface area contributed by atoms with Gasteiger partial charge in [-0.2, -0.15) is 0 Å². The Morgan fingerprint density at radius 2 is 2.00 bits per heavy atom. The monoisotopic (exact) mass is 277 g/mol. The van der Waals surface area contributed by atoms with Crippen LogP contribution < -0.4 is 10.3 Å². The van der Waals surface area contributed by atoms with Gasteiger partial charge in [-0.1, -0.05) is 17.7 Å². The molecule has 0 unspecified atom stereocenters. The quantitative estimate of drug-likeness (QED) is 0.626. The second-order valence-corrected chi connectivity index (χ2v) is 4.60. The molecule has 98 valence electrons. The van der Waals surface area contributed by atoms with E-state index in [1.807, 2.05) is 13.0 Å². The summed E-state index contributed by atoms with van der Waals surface area (Å²) in [5.74, 6) is -0.322. The Balaban J connectivity index is 2.28. The van der Waals surface area contributed by atoms with Crippen molar-refractivity contribution < 1.29 is 9.53 Å². The molecular formula is C14H12ClNO3. The van der Waals surface area contributed by atoms with Crippen molar-refractivity contribution in [3.63, 3.8) is 0 Å². The Bertz CT molecular complexity index is 691. The molecular weight excluding hydrogens is 266 g/mol. The van der Waals surface area contributed by atoms with Crippen LogP contribution in [0.3, 0.4) is 0 Å². The summed E-state index contributed by atoms with van der Waals surface area (Å²) in [6.07, 6.45) is 1.51. The molecule has 0 saturated carbocycles. The molecule has 2 rings (SSSR count). The van der Waals surface area contributed by atoms with Crippen LogP contribution in [0.1, 0.15) is 15.9 Å². The number of benzene rings is 1. The number of esters is 1. The lowest BCUT2D eigenvalue weighted by atomic mass is 10.2. The minimum absolute atomic E-state index is 0.195. The van der Waals surface area contributed by atoms with Crippen LogP contribution in [0, 0.1) is 6.92 Å². The molecule has 4 nitrogen and oxygen atoms in total. The fourth-order valence-corrected chi connectivity index (χ4v) is 1.68. The van der Waals surface area contributed by atoms with Crippen molar-refractivity contribution in [3.05, 3.63) is 63.0 Å². The molecule has 0 aliphatic heterocycles. The van der Waals surface area contributed by atoms with Crippen LogP contribution in [-0.4, -0.2) is 10.5 Å². The minimum Gasteiger partial charge on any atom is -0.421 e. The highest BCUT2D eigenvalue weighted by Crippen LogP contribution is 2.25. The normalized spacial score (nSPS) is 10.3. The van der Waals surface area contributed by atoms with Gasteiger partial charge in [-0.05, 0) is 30.7 Å². The summed E-state index contributed by atoms with van der Waals surface area (Å²) in [4.78, 5) is 23.4. The third-order valence-electron chi connectivity index (χ3n) is 2.63. The molecule has 0 spiro atoms. The Labute approximate surface area is 115 Å². The molecule has 1 aromatic carbocycles. The maximum absolute atomic E-state index is 11.9. The lowest BCUT2D eigenvalue weighted by Crippen LogP contribution is -2.18. The molecule has 1 heterocycles. The van der Waals surface area contributed by atoms with E-state index in [1.165, 1.54) is 22.9 Å². The molecule has 0 saturated heterocycles. The summed E-state index contributed by atoms with van der Waals surface area (Å²) < 4.78 is 6.56. The third-order valence-corrected chi connectivity index (χ3v) is 2.94. The first-order valence-electron chi connectivity index (χ1n) is 5.62. The lowest BCUT2D eigenvalue weighted by molar-refractivity contribution is 0.0734. The summed E-state index contributed by atoms with van der Waals surface area (Å²) in [6.45, 7) is 1.87. The number of carbonyl (C=O) groups excluding carboxylic acids is 1. The van der Waals surface area contributed by atoms with Gasteiger partial charge in [-0.15, -0.1) is 0 Å². The number of nitrogens with zero attached hydrogens (tertiary/aromatic N) is 1. The number of carbonyl (C=O) groups is 1. The number of pyridine rings is 1. The zero-order valence-electron chi connectivity index (χ0n) is 10.5. The van der Waals surface area contributed by atoms with Crippen molar-refractivity contribution in [2.75, 3.05) is 0 Å². The van der Waals surface area contributed by atoms with Crippen LogP contribution in [0.25, 0.3) is 0 Å². The van der Waals surface area contributed by atoms with E-state index >= 15 is 0 Å². The lowest BCUT2D eigenvalue weighted by Gasteiger charge is -2.07. The van der Waals surface area contributed by atoms with Gasteiger partial charge in [-0.3, -0.25) is 4.79 Å². The van der Waals surface area contributed by atoms with Crippen molar-refractivity contribution in [2.24, 2.45) is 7.05 Å². The molecule has 0 aliphatic carbocycles. The average Bonchev–Trinajstić information content (AvgIpc) is 2.37. The second-order valence-electron chi connectivity index (χ2n) is 4.19. The fraction of sp³-hybridized carbons (Fsp3) is 0.143. The van der Waals surface area contributed by atoms with E-state index in [1.54, 1.807) is 19.2 Å². The van der Waals surface area contributed by atoms with Gasteiger partial charge in [-0.25, -0.2) is 4.79 Å². The van der Waals surface area contributed by atoms with Crippen LogP contribution in [0.5, 0.6) is 5.75 Å². The molecule has 0 atom stereocenters. The topological polar surface area (TPSA) is 48.3 Å².